The number of aryl methyl sites for hydroxylation is 1. The third-order valence-corrected chi connectivity index (χ3v) is 3.27. The molecule has 1 aromatic heterocycles. The number of nitrogens with one attached hydrogen (secondary N) is 1. The normalized spacial score (nSPS) is 11.2. The molecule has 1 N–H and O–H groups in total. The molecule has 0 unspecified atom stereocenters. The highest BCUT2D eigenvalue weighted by atomic mass is 35.5. The molecule has 20 heavy (non-hydrogen) atoms. The van der Waals surface area contributed by atoms with Gasteiger partial charge in [-0.15, -0.1) is 0 Å². The van der Waals surface area contributed by atoms with E-state index in [9.17, 15) is 0 Å². The summed E-state index contributed by atoms with van der Waals surface area (Å²) in [7, 11) is 0. The van der Waals surface area contributed by atoms with Crippen LogP contribution in [0.4, 0.5) is 0 Å². The van der Waals surface area contributed by atoms with Gasteiger partial charge in [0.2, 0.25) is 4.77 Å². The van der Waals surface area contributed by atoms with Crippen LogP contribution in [0.15, 0.2) is 17.2 Å². The summed E-state index contributed by atoms with van der Waals surface area (Å²) in [4.78, 5) is 0. The number of halogens is 2. The Morgan fingerprint density at radius 1 is 1.45 bits per heavy atom. The van der Waals surface area contributed by atoms with Crippen LogP contribution >= 0.6 is 35.4 Å². The number of nitrogens with zero attached hydrogens (tertiary/aromatic N) is 3. The highest BCUT2D eigenvalue weighted by Crippen LogP contribution is 2.33. The molecular weight excluding hydrogens is 319 g/mol. The number of benzene rings is 1. The Kier molecular flexibility index (Phi) is 4.80. The van der Waals surface area contributed by atoms with Gasteiger partial charge in [0.1, 0.15) is 5.82 Å². The Bertz CT molecular complexity index is 685. The number of rotatable bonds is 4. The Morgan fingerprint density at radius 3 is 2.60 bits per heavy atom. The standard InChI is InChI=1S/C12H12Cl2N4OS/c1-3-19-11-9(13)4-8(5-10(11)14)6-15-18-7(2)16-17-12(18)20/h4-6H,3H2,1-2H3,(H,17,20)/b15-6-. The number of aromatic amines is 1. The van der Waals surface area contributed by atoms with E-state index in [1.54, 1.807) is 25.3 Å². The van der Waals surface area contributed by atoms with E-state index in [0.29, 0.717) is 33.0 Å². The van der Waals surface area contributed by atoms with Crippen LogP contribution in [0.3, 0.4) is 0 Å². The van der Waals surface area contributed by atoms with Crippen LogP contribution in [0.25, 0.3) is 0 Å². The molecule has 1 aromatic carbocycles. The first-order valence-corrected chi connectivity index (χ1v) is 6.99. The van der Waals surface area contributed by atoms with Crippen LogP contribution in [-0.2, 0) is 0 Å². The summed E-state index contributed by atoms with van der Waals surface area (Å²) in [6.07, 6.45) is 1.60. The highest BCUT2D eigenvalue weighted by molar-refractivity contribution is 7.71. The smallest absolute Gasteiger partial charge is 0.216 e. The largest absolute Gasteiger partial charge is 0.491 e. The van der Waals surface area contributed by atoms with Crippen LogP contribution in [0.2, 0.25) is 10.0 Å². The van der Waals surface area contributed by atoms with Crippen molar-refractivity contribution >= 4 is 41.6 Å². The lowest BCUT2D eigenvalue weighted by Gasteiger charge is -2.08. The van der Waals surface area contributed by atoms with Crippen molar-refractivity contribution in [2.24, 2.45) is 5.10 Å². The van der Waals surface area contributed by atoms with Gasteiger partial charge < -0.3 is 4.74 Å². The molecule has 8 heteroatoms. The van der Waals surface area contributed by atoms with Crippen LogP contribution in [0.5, 0.6) is 5.75 Å². The number of H-pyrrole nitrogens is 1. The van der Waals surface area contributed by atoms with Gasteiger partial charge in [0, 0.05) is 0 Å². The van der Waals surface area contributed by atoms with Crippen LogP contribution in [0, 0.1) is 11.7 Å². The molecule has 0 spiro atoms. The predicted octanol–water partition coefficient (Wildman–Crippen LogP) is 3.84. The minimum atomic E-state index is 0.418. The summed E-state index contributed by atoms with van der Waals surface area (Å²) < 4.78 is 7.29. The molecular formula is C12H12Cl2N4OS. The molecule has 0 saturated carbocycles. The maximum absolute atomic E-state index is 6.12. The quantitative estimate of drug-likeness (QED) is 0.684. The van der Waals surface area contributed by atoms with Gasteiger partial charge in [-0.2, -0.15) is 14.9 Å². The first-order chi connectivity index (χ1) is 9.52. The second-order valence-electron chi connectivity index (χ2n) is 3.88. The molecule has 5 nitrogen and oxygen atoms in total. The van der Waals surface area contributed by atoms with Crippen LogP contribution in [0.1, 0.15) is 18.3 Å². The third kappa shape index (κ3) is 3.20. The lowest BCUT2D eigenvalue weighted by Crippen LogP contribution is -1.96. The SMILES string of the molecule is CCOc1c(Cl)cc(/C=N\n2c(C)n[nH]c2=S)cc1Cl. The lowest BCUT2D eigenvalue weighted by molar-refractivity contribution is 0.340. The van der Waals surface area contributed by atoms with Gasteiger partial charge in [0.25, 0.3) is 0 Å². The van der Waals surface area contributed by atoms with Gasteiger partial charge in [-0.1, -0.05) is 23.2 Å². The monoisotopic (exact) mass is 330 g/mol. The van der Waals surface area contributed by atoms with E-state index in [1.165, 1.54) is 4.68 Å². The molecule has 0 aliphatic rings. The molecule has 2 rings (SSSR count). The summed E-state index contributed by atoms with van der Waals surface area (Å²) in [5, 5.41) is 11.7. The summed E-state index contributed by atoms with van der Waals surface area (Å²) in [5.74, 6) is 1.14. The van der Waals surface area contributed by atoms with E-state index in [0.717, 1.165) is 5.56 Å². The van der Waals surface area contributed by atoms with Crippen molar-refractivity contribution in [3.63, 3.8) is 0 Å². The van der Waals surface area contributed by atoms with Crippen molar-refractivity contribution in [3.8, 4) is 5.75 Å². The van der Waals surface area contributed by atoms with E-state index < -0.39 is 0 Å². The first-order valence-electron chi connectivity index (χ1n) is 5.83. The minimum Gasteiger partial charge on any atom is -0.491 e. The van der Waals surface area contributed by atoms with E-state index >= 15 is 0 Å². The van der Waals surface area contributed by atoms with Gasteiger partial charge in [0.05, 0.1) is 22.9 Å². The third-order valence-electron chi connectivity index (χ3n) is 2.44. The molecule has 106 valence electrons. The van der Waals surface area contributed by atoms with Crippen molar-refractivity contribution in [3.05, 3.63) is 38.3 Å². The van der Waals surface area contributed by atoms with E-state index in [4.69, 9.17) is 40.2 Å². The summed E-state index contributed by atoms with van der Waals surface area (Å²) in [6, 6.07) is 3.45. The molecule has 0 radical (unpaired) electrons. The van der Waals surface area contributed by atoms with Gasteiger partial charge in [-0.25, -0.2) is 0 Å². The molecule has 2 aromatic rings. The predicted molar refractivity (Wildman–Crippen MR) is 82.8 cm³/mol. The van der Waals surface area contributed by atoms with Gasteiger partial charge in [0.15, 0.2) is 5.75 Å². The number of hydrogen-bond acceptors (Lipinski definition) is 4. The van der Waals surface area contributed by atoms with E-state index in [-0.39, 0.29) is 0 Å². The van der Waals surface area contributed by atoms with Crippen LogP contribution < -0.4 is 4.74 Å². The second-order valence-corrected chi connectivity index (χ2v) is 5.08. The summed E-state index contributed by atoms with van der Waals surface area (Å²) in [5.41, 5.74) is 0.742. The van der Waals surface area contributed by atoms with Crippen molar-refractivity contribution < 1.29 is 4.74 Å². The Labute approximate surface area is 131 Å². The zero-order valence-corrected chi connectivity index (χ0v) is 13.2. The topological polar surface area (TPSA) is 55.2 Å². The fourth-order valence-corrected chi connectivity index (χ4v) is 2.40. The van der Waals surface area contributed by atoms with Gasteiger partial charge >= 0.3 is 0 Å². The number of aromatic nitrogens is 3. The summed E-state index contributed by atoms with van der Waals surface area (Å²) in [6.45, 7) is 4.16. The maximum atomic E-state index is 6.12. The molecule has 0 amide bonds. The van der Waals surface area contributed by atoms with Crippen molar-refractivity contribution in [1.29, 1.82) is 0 Å². The molecule has 0 saturated heterocycles. The molecule has 0 aliphatic heterocycles. The Morgan fingerprint density at radius 2 is 2.10 bits per heavy atom. The first kappa shape index (κ1) is 15.0. The zero-order chi connectivity index (χ0) is 14.7. The summed E-state index contributed by atoms with van der Waals surface area (Å²) >= 11 is 17.3. The van der Waals surface area contributed by atoms with Gasteiger partial charge in [-0.3, -0.25) is 5.10 Å². The highest BCUT2D eigenvalue weighted by Gasteiger charge is 2.08. The number of ether oxygens (including phenoxy) is 1. The molecule has 1 heterocycles. The van der Waals surface area contributed by atoms with Crippen molar-refractivity contribution in [2.45, 2.75) is 13.8 Å². The second kappa shape index (κ2) is 6.39. The fraction of sp³-hybridized carbons (Fsp3) is 0.250. The average Bonchev–Trinajstić information content (AvgIpc) is 2.71. The van der Waals surface area contributed by atoms with Crippen molar-refractivity contribution in [2.75, 3.05) is 6.61 Å². The van der Waals surface area contributed by atoms with E-state index in [2.05, 4.69) is 15.3 Å². The van der Waals surface area contributed by atoms with Crippen LogP contribution in [-0.4, -0.2) is 27.7 Å². The molecule has 0 aliphatic carbocycles. The lowest BCUT2D eigenvalue weighted by atomic mass is 10.2. The molecule has 0 fully saturated rings. The zero-order valence-electron chi connectivity index (χ0n) is 10.9. The Hall–Kier alpha value is -1.37. The average molecular weight is 331 g/mol. The minimum absolute atomic E-state index is 0.418. The van der Waals surface area contributed by atoms with Crippen molar-refractivity contribution in [1.82, 2.24) is 14.9 Å². The fourth-order valence-electron chi connectivity index (χ4n) is 1.57. The Balaban J connectivity index is 2.33. The van der Waals surface area contributed by atoms with Gasteiger partial charge in [-0.05, 0) is 43.8 Å². The maximum Gasteiger partial charge on any atom is 0.216 e. The molecule has 0 atom stereocenters. The number of hydrogen-bond donors (Lipinski definition) is 1. The van der Waals surface area contributed by atoms with E-state index in [1.807, 2.05) is 6.92 Å². The molecule has 0 bridgehead atoms.